The number of aromatic nitrogens is 3. The van der Waals surface area contributed by atoms with Gasteiger partial charge in [-0.1, -0.05) is 36.4 Å². The van der Waals surface area contributed by atoms with Crippen molar-refractivity contribution < 1.29 is 66.6 Å². The predicted molar refractivity (Wildman–Crippen MR) is 164 cm³/mol. The summed E-state index contributed by atoms with van der Waals surface area (Å²) >= 11 is 0. The predicted octanol–water partition coefficient (Wildman–Crippen LogP) is 9.19. The molecule has 6 rings (SSSR count). The highest BCUT2D eigenvalue weighted by Crippen LogP contribution is 2.31. The van der Waals surface area contributed by atoms with Crippen LogP contribution < -0.4 is 20.9 Å². The van der Waals surface area contributed by atoms with E-state index in [1.165, 1.54) is 61.6 Å². The van der Waals surface area contributed by atoms with E-state index in [2.05, 4.69) is 9.47 Å². The molecule has 2 aromatic heterocycles. The van der Waals surface area contributed by atoms with Crippen molar-refractivity contribution in [3.05, 3.63) is 106 Å². The maximum Gasteiger partial charge on any atom is 0.573 e. The van der Waals surface area contributed by atoms with Gasteiger partial charge in [-0.2, -0.15) is 26.3 Å². The Balaban J connectivity index is 0.000000204. The number of imidazole rings is 1. The largest absolute Gasteiger partial charge is 0.573 e. The van der Waals surface area contributed by atoms with Crippen molar-refractivity contribution in [2.45, 2.75) is 38.2 Å². The number of halogens is 12. The van der Waals surface area contributed by atoms with E-state index in [1.807, 2.05) is 0 Å². The Morgan fingerprint density at radius 1 is 0.528 bits per heavy atom. The molecular weight excluding hydrogens is 746 g/mol. The summed E-state index contributed by atoms with van der Waals surface area (Å²) in [5.41, 5.74) is 1.21. The molecule has 0 amide bonds. The van der Waals surface area contributed by atoms with E-state index in [9.17, 15) is 62.3 Å². The third kappa shape index (κ3) is 9.74. The van der Waals surface area contributed by atoms with E-state index in [0.717, 1.165) is 28.8 Å². The number of aryl methyl sites for hydroxylation is 1. The number of rotatable bonds is 6. The van der Waals surface area contributed by atoms with Crippen molar-refractivity contribution in [3.8, 4) is 33.8 Å². The Labute approximate surface area is 287 Å². The molecule has 6 aromatic rings. The molecule has 0 aliphatic carbocycles. The van der Waals surface area contributed by atoms with Crippen LogP contribution in [0, 0.1) is 0 Å². The van der Waals surface area contributed by atoms with Crippen LogP contribution in [0.25, 0.3) is 44.4 Å². The second-order valence-corrected chi connectivity index (χ2v) is 11.1. The third-order valence-electron chi connectivity index (χ3n) is 7.33. The van der Waals surface area contributed by atoms with Crippen LogP contribution in [0.1, 0.15) is 0 Å². The lowest BCUT2D eigenvalue weighted by atomic mass is 10.0. The fourth-order valence-electron chi connectivity index (χ4n) is 5.19. The number of hydrogen-bond donors (Lipinski definition) is 0. The molecule has 0 unspecified atom stereocenters. The van der Waals surface area contributed by atoms with Gasteiger partial charge in [-0.05, 0) is 70.8 Å². The molecule has 53 heavy (non-hydrogen) atoms. The summed E-state index contributed by atoms with van der Waals surface area (Å²) in [6.07, 6.45) is -18.8. The minimum Gasteiger partial charge on any atom is -0.408 e. The van der Waals surface area contributed by atoms with Crippen molar-refractivity contribution in [3.63, 3.8) is 0 Å². The third-order valence-corrected chi connectivity index (χ3v) is 7.33. The highest BCUT2D eigenvalue weighted by molar-refractivity contribution is 5.83. The van der Waals surface area contributed by atoms with Gasteiger partial charge in [0.05, 0.1) is 16.6 Å². The standard InChI is InChI=1S/C17H12F6N2O2.C16H9F6NO3/c1-24-13-7-4-11(8-14(13)25(15(24)26)9-16(18,19)20)10-2-5-12(6-3-10)27-17(21,22)23;17-15(18,19)8-23-12-7-10(3-6-13(12)25-14(23)24)9-1-4-11(5-2-9)26-16(20,21)22/h2-8H,9H2,1H3;1-7H,8H2. The van der Waals surface area contributed by atoms with E-state index >= 15 is 0 Å². The van der Waals surface area contributed by atoms with Gasteiger partial charge in [0.25, 0.3) is 0 Å². The normalized spacial score (nSPS) is 12.5. The van der Waals surface area contributed by atoms with Crippen LogP contribution in [0.5, 0.6) is 11.5 Å². The molecule has 0 radical (unpaired) electrons. The monoisotopic (exact) mass is 767 g/mol. The zero-order valence-corrected chi connectivity index (χ0v) is 26.4. The second-order valence-electron chi connectivity index (χ2n) is 11.1. The van der Waals surface area contributed by atoms with Crippen molar-refractivity contribution in [1.29, 1.82) is 0 Å². The van der Waals surface area contributed by atoms with Gasteiger partial charge < -0.3 is 13.9 Å². The van der Waals surface area contributed by atoms with Crippen molar-refractivity contribution in [2.24, 2.45) is 7.05 Å². The molecule has 0 aliphatic heterocycles. The summed E-state index contributed by atoms with van der Waals surface area (Å²) in [5.74, 6) is -2.00. The molecule has 0 saturated heterocycles. The Morgan fingerprint density at radius 2 is 0.943 bits per heavy atom. The van der Waals surface area contributed by atoms with E-state index in [0.29, 0.717) is 36.9 Å². The van der Waals surface area contributed by atoms with E-state index < -0.39 is 61.1 Å². The molecule has 0 bridgehead atoms. The summed E-state index contributed by atoms with van der Waals surface area (Å²) in [6.45, 7) is -2.95. The van der Waals surface area contributed by atoms with Gasteiger partial charge in [0, 0.05) is 7.05 Å². The summed E-state index contributed by atoms with van der Waals surface area (Å²) in [6, 6.07) is 18.2. The molecule has 2 heterocycles. The van der Waals surface area contributed by atoms with Crippen LogP contribution in [-0.4, -0.2) is 38.8 Å². The van der Waals surface area contributed by atoms with Crippen molar-refractivity contribution in [1.82, 2.24) is 13.7 Å². The van der Waals surface area contributed by atoms with Gasteiger partial charge >= 0.3 is 36.5 Å². The van der Waals surface area contributed by atoms with E-state index in [1.54, 1.807) is 6.07 Å². The summed E-state index contributed by atoms with van der Waals surface area (Å²) < 4.78 is 164. The van der Waals surface area contributed by atoms with E-state index in [4.69, 9.17) is 4.42 Å². The molecule has 282 valence electrons. The first-order chi connectivity index (χ1) is 24.5. The Kier molecular flexibility index (Phi) is 10.1. The Hall–Kier alpha value is -5.82. The van der Waals surface area contributed by atoms with Crippen LogP contribution in [-0.2, 0) is 20.1 Å². The maximum atomic E-state index is 12.8. The second kappa shape index (κ2) is 14.0. The maximum absolute atomic E-state index is 12.8. The number of alkyl halides is 12. The highest BCUT2D eigenvalue weighted by Gasteiger charge is 2.33. The highest BCUT2D eigenvalue weighted by atomic mass is 19.4. The first-order valence-electron chi connectivity index (χ1n) is 14.6. The van der Waals surface area contributed by atoms with Crippen LogP contribution in [0.4, 0.5) is 52.7 Å². The average Bonchev–Trinajstić information content (AvgIpc) is 3.46. The fourth-order valence-corrected chi connectivity index (χ4v) is 5.19. The molecule has 8 nitrogen and oxygen atoms in total. The van der Waals surface area contributed by atoms with Gasteiger partial charge in [0.2, 0.25) is 0 Å². The fraction of sp³-hybridized carbons (Fsp3) is 0.212. The lowest BCUT2D eigenvalue weighted by Gasteiger charge is -2.10. The van der Waals surface area contributed by atoms with Gasteiger partial charge in [0.15, 0.2) is 5.58 Å². The molecule has 0 saturated carbocycles. The molecule has 0 fully saturated rings. The molecule has 20 heteroatoms. The summed E-state index contributed by atoms with van der Waals surface area (Å²) in [7, 11) is 1.36. The van der Waals surface area contributed by atoms with Crippen molar-refractivity contribution in [2.75, 3.05) is 0 Å². The number of fused-ring (bicyclic) bond motifs is 2. The van der Waals surface area contributed by atoms with Gasteiger partial charge in [-0.15, -0.1) is 26.3 Å². The van der Waals surface area contributed by atoms with E-state index in [-0.39, 0.29) is 16.6 Å². The smallest absolute Gasteiger partial charge is 0.408 e. The van der Waals surface area contributed by atoms with Gasteiger partial charge in [0.1, 0.15) is 24.6 Å². The summed E-state index contributed by atoms with van der Waals surface area (Å²) in [4.78, 5) is 23.7. The Morgan fingerprint density at radius 3 is 1.40 bits per heavy atom. The number of hydrogen-bond acceptors (Lipinski definition) is 5. The van der Waals surface area contributed by atoms with Crippen LogP contribution in [0.2, 0.25) is 0 Å². The van der Waals surface area contributed by atoms with Gasteiger partial charge in [-0.25, -0.2) is 9.59 Å². The minimum atomic E-state index is -4.83. The Bertz CT molecular complexity index is 2340. The first kappa shape index (κ1) is 38.4. The quantitative estimate of drug-likeness (QED) is 0.158. The molecule has 0 N–H and O–H groups in total. The number of ether oxygens (including phenoxy) is 2. The first-order valence-corrected chi connectivity index (χ1v) is 14.6. The van der Waals surface area contributed by atoms with Crippen LogP contribution in [0.3, 0.4) is 0 Å². The topological polar surface area (TPSA) is 80.5 Å². The minimum absolute atomic E-state index is 0.0278. The number of benzene rings is 4. The molecule has 0 aliphatic rings. The van der Waals surface area contributed by atoms with Crippen LogP contribution >= 0.6 is 0 Å². The lowest BCUT2D eigenvalue weighted by Crippen LogP contribution is -2.28. The average molecular weight is 768 g/mol. The van der Waals surface area contributed by atoms with Crippen LogP contribution in [0.15, 0.2) is 98.9 Å². The lowest BCUT2D eigenvalue weighted by molar-refractivity contribution is -0.275. The zero-order chi connectivity index (χ0) is 39.1. The number of oxazole rings is 1. The molecular formula is C33H21F12N3O5. The molecule has 0 atom stereocenters. The SMILES string of the molecule is Cn1c(=O)n(CC(F)(F)F)c2cc(-c3ccc(OC(F)(F)F)cc3)ccc21.O=c1oc2ccc(-c3ccc(OC(F)(F)F)cc3)cc2n1CC(F)(F)F. The van der Waals surface area contributed by atoms with Crippen molar-refractivity contribution >= 4 is 22.1 Å². The number of nitrogens with zero attached hydrogens (tertiary/aromatic N) is 3. The molecule has 4 aromatic carbocycles. The molecule has 0 spiro atoms. The summed E-state index contributed by atoms with van der Waals surface area (Å²) in [5, 5.41) is 0. The zero-order valence-electron chi connectivity index (χ0n) is 26.4. The van der Waals surface area contributed by atoms with Gasteiger partial charge in [-0.3, -0.25) is 13.7 Å².